The zero-order valence-corrected chi connectivity index (χ0v) is 14.2. The van der Waals surface area contributed by atoms with Crippen molar-refractivity contribution in [2.75, 3.05) is 0 Å². The zero-order valence-electron chi connectivity index (χ0n) is 13.5. The third kappa shape index (κ3) is 3.16. The summed E-state index contributed by atoms with van der Waals surface area (Å²) in [7, 11) is 0. The Kier molecular flexibility index (Phi) is 4.04. The van der Waals surface area contributed by atoms with Crippen molar-refractivity contribution in [1.29, 1.82) is 0 Å². The maximum absolute atomic E-state index is 6.17. The lowest BCUT2D eigenvalue weighted by atomic mass is 10.2. The number of fused-ring (bicyclic) bond motifs is 1. The van der Waals surface area contributed by atoms with Gasteiger partial charge in [0, 0.05) is 17.1 Å². The van der Waals surface area contributed by atoms with Crippen LogP contribution in [-0.2, 0) is 0 Å². The molecular formula is C20H14ClN3O. The largest absolute Gasteiger partial charge is 0.437 e. The standard InChI is InChI=1S/C20H14ClN3O/c1-13-10-11-17(19-22-12-14-6-2-4-8-16(14)23-19)24-20(13)25-18-9-5-3-7-15(18)21/h2-12H,1H3. The van der Waals surface area contributed by atoms with Crippen LogP contribution in [0.5, 0.6) is 11.6 Å². The second-order valence-corrected chi connectivity index (χ2v) is 6.01. The van der Waals surface area contributed by atoms with Crippen LogP contribution in [0.1, 0.15) is 5.56 Å². The fourth-order valence-corrected chi connectivity index (χ4v) is 2.64. The van der Waals surface area contributed by atoms with E-state index >= 15 is 0 Å². The summed E-state index contributed by atoms with van der Waals surface area (Å²) in [4.78, 5) is 13.6. The molecule has 0 aliphatic carbocycles. The fourth-order valence-electron chi connectivity index (χ4n) is 2.47. The van der Waals surface area contributed by atoms with E-state index in [1.165, 1.54) is 0 Å². The summed E-state index contributed by atoms with van der Waals surface area (Å²) in [6, 6.07) is 19.0. The van der Waals surface area contributed by atoms with Crippen LogP contribution in [0.2, 0.25) is 5.02 Å². The maximum Gasteiger partial charge on any atom is 0.222 e. The van der Waals surface area contributed by atoms with E-state index in [0.29, 0.717) is 28.2 Å². The summed E-state index contributed by atoms with van der Waals surface area (Å²) in [5.74, 6) is 1.61. The Hall–Kier alpha value is -2.98. The van der Waals surface area contributed by atoms with Crippen molar-refractivity contribution in [3.8, 4) is 23.1 Å². The van der Waals surface area contributed by atoms with Gasteiger partial charge >= 0.3 is 0 Å². The second-order valence-electron chi connectivity index (χ2n) is 5.60. The normalized spacial score (nSPS) is 10.8. The Labute approximate surface area is 150 Å². The average molecular weight is 348 g/mol. The van der Waals surface area contributed by atoms with Crippen molar-refractivity contribution in [1.82, 2.24) is 15.0 Å². The molecule has 0 aliphatic heterocycles. The van der Waals surface area contributed by atoms with Crippen molar-refractivity contribution < 1.29 is 4.74 Å². The first-order valence-electron chi connectivity index (χ1n) is 7.83. The van der Waals surface area contributed by atoms with Crippen LogP contribution in [-0.4, -0.2) is 15.0 Å². The van der Waals surface area contributed by atoms with Crippen LogP contribution >= 0.6 is 11.6 Å². The highest BCUT2D eigenvalue weighted by Crippen LogP contribution is 2.30. The monoisotopic (exact) mass is 347 g/mol. The Morgan fingerprint density at radius 2 is 1.68 bits per heavy atom. The molecule has 0 unspecified atom stereocenters. The number of ether oxygens (including phenoxy) is 1. The summed E-state index contributed by atoms with van der Waals surface area (Å²) in [6.45, 7) is 1.93. The van der Waals surface area contributed by atoms with Crippen LogP contribution in [0.4, 0.5) is 0 Å². The van der Waals surface area contributed by atoms with Crippen LogP contribution in [0.15, 0.2) is 66.9 Å². The summed E-state index contributed by atoms with van der Waals surface area (Å²) < 4.78 is 5.89. The Morgan fingerprint density at radius 1 is 0.880 bits per heavy atom. The molecule has 2 aromatic carbocycles. The van der Waals surface area contributed by atoms with Gasteiger partial charge in [-0.3, -0.25) is 0 Å². The van der Waals surface area contributed by atoms with Gasteiger partial charge in [0.2, 0.25) is 5.88 Å². The number of pyridine rings is 1. The van der Waals surface area contributed by atoms with Crippen molar-refractivity contribution in [2.24, 2.45) is 0 Å². The summed E-state index contributed by atoms with van der Waals surface area (Å²) in [5, 5.41) is 1.53. The highest BCUT2D eigenvalue weighted by atomic mass is 35.5. The minimum absolute atomic E-state index is 0.488. The van der Waals surface area contributed by atoms with Crippen molar-refractivity contribution in [3.63, 3.8) is 0 Å². The van der Waals surface area contributed by atoms with Gasteiger partial charge < -0.3 is 4.74 Å². The van der Waals surface area contributed by atoms with E-state index in [9.17, 15) is 0 Å². The van der Waals surface area contributed by atoms with Crippen molar-refractivity contribution in [3.05, 3.63) is 77.4 Å². The maximum atomic E-state index is 6.17. The van der Waals surface area contributed by atoms with Crippen LogP contribution in [0.3, 0.4) is 0 Å². The molecule has 5 heteroatoms. The van der Waals surface area contributed by atoms with Crippen molar-refractivity contribution >= 4 is 22.5 Å². The van der Waals surface area contributed by atoms with Gasteiger partial charge in [0.1, 0.15) is 11.4 Å². The van der Waals surface area contributed by atoms with Gasteiger partial charge in [-0.1, -0.05) is 48.0 Å². The molecule has 0 amide bonds. The Bertz CT molecular complexity index is 1070. The van der Waals surface area contributed by atoms with E-state index in [0.717, 1.165) is 16.5 Å². The molecule has 25 heavy (non-hydrogen) atoms. The third-order valence-corrected chi connectivity index (χ3v) is 4.12. The van der Waals surface area contributed by atoms with E-state index in [1.54, 1.807) is 12.3 Å². The smallest absolute Gasteiger partial charge is 0.222 e. The molecule has 0 saturated heterocycles. The fraction of sp³-hybridized carbons (Fsp3) is 0.0500. The lowest BCUT2D eigenvalue weighted by molar-refractivity contribution is 0.460. The first kappa shape index (κ1) is 15.5. The predicted octanol–water partition coefficient (Wildman–Crippen LogP) is 5.45. The number of halogens is 1. The highest BCUT2D eigenvalue weighted by Gasteiger charge is 2.11. The molecular weight excluding hydrogens is 334 g/mol. The lowest BCUT2D eigenvalue weighted by Gasteiger charge is -2.10. The molecule has 0 fully saturated rings. The van der Waals surface area contributed by atoms with Crippen LogP contribution < -0.4 is 4.74 Å². The molecule has 4 aromatic rings. The SMILES string of the molecule is Cc1ccc(-c2ncc3ccccc3n2)nc1Oc1ccccc1Cl. The number of hydrogen-bond donors (Lipinski definition) is 0. The Balaban J connectivity index is 1.74. The quantitative estimate of drug-likeness (QED) is 0.494. The second kappa shape index (κ2) is 6.49. The molecule has 0 radical (unpaired) electrons. The molecule has 0 bridgehead atoms. The molecule has 0 spiro atoms. The van der Waals surface area contributed by atoms with Gasteiger partial charge in [-0.25, -0.2) is 15.0 Å². The van der Waals surface area contributed by atoms with Gasteiger partial charge in [-0.05, 0) is 31.2 Å². The number of nitrogens with zero attached hydrogens (tertiary/aromatic N) is 3. The van der Waals surface area contributed by atoms with Gasteiger partial charge in [0.15, 0.2) is 5.82 Å². The van der Waals surface area contributed by atoms with Crippen LogP contribution in [0.25, 0.3) is 22.4 Å². The van der Waals surface area contributed by atoms with E-state index in [2.05, 4.69) is 15.0 Å². The summed E-state index contributed by atoms with van der Waals surface area (Å²) in [6.07, 6.45) is 1.80. The minimum atomic E-state index is 0.488. The number of aromatic nitrogens is 3. The number of aryl methyl sites for hydroxylation is 1. The number of para-hydroxylation sites is 2. The minimum Gasteiger partial charge on any atom is -0.437 e. The Morgan fingerprint density at radius 3 is 2.56 bits per heavy atom. The first-order valence-corrected chi connectivity index (χ1v) is 8.21. The van der Waals surface area contributed by atoms with E-state index in [1.807, 2.05) is 61.5 Å². The average Bonchev–Trinajstić information content (AvgIpc) is 2.65. The third-order valence-electron chi connectivity index (χ3n) is 3.81. The molecule has 122 valence electrons. The van der Waals surface area contributed by atoms with E-state index in [4.69, 9.17) is 16.3 Å². The van der Waals surface area contributed by atoms with Gasteiger partial charge in [0.25, 0.3) is 0 Å². The topological polar surface area (TPSA) is 47.9 Å². The number of rotatable bonds is 3. The number of benzene rings is 2. The molecule has 2 heterocycles. The molecule has 4 nitrogen and oxygen atoms in total. The predicted molar refractivity (Wildman–Crippen MR) is 99.0 cm³/mol. The summed E-state index contributed by atoms with van der Waals surface area (Å²) >= 11 is 6.17. The number of hydrogen-bond acceptors (Lipinski definition) is 4. The van der Waals surface area contributed by atoms with E-state index < -0.39 is 0 Å². The van der Waals surface area contributed by atoms with Gasteiger partial charge in [-0.15, -0.1) is 0 Å². The summed E-state index contributed by atoms with van der Waals surface area (Å²) in [5.41, 5.74) is 2.44. The van der Waals surface area contributed by atoms with Crippen molar-refractivity contribution in [2.45, 2.75) is 6.92 Å². The highest BCUT2D eigenvalue weighted by molar-refractivity contribution is 6.32. The van der Waals surface area contributed by atoms with Gasteiger partial charge in [-0.2, -0.15) is 0 Å². The molecule has 0 saturated carbocycles. The molecule has 4 rings (SSSR count). The lowest BCUT2D eigenvalue weighted by Crippen LogP contribution is -1.97. The van der Waals surface area contributed by atoms with E-state index in [-0.39, 0.29) is 0 Å². The molecule has 0 N–H and O–H groups in total. The molecule has 0 aliphatic rings. The van der Waals surface area contributed by atoms with Crippen LogP contribution in [0, 0.1) is 6.92 Å². The molecule has 2 aromatic heterocycles. The first-order chi connectivity index (χ1) is 12.2. The van der Waals surface area contributed by atoms with Gasteiger partial charge in [0.05, 0.1) is 10.5 Å². The zero-order chi connectivity index (χ0) is 17.2. The molecule has 0 atom stereocenters.